The van der Waals surface area contributed by atoms with E-state index < -0.39 is 0 Å². The third-order valence-corrected chi connectivity index (χ3v) is 5.77. The van der Waals surface area contributed by atoms with E-state index in [1.54, 1.807) is 7.11 Å². The van der Waals surface area contributed by atoms with E-state index in [1.165, 1.54) is 40.7 Å². The molecule has 0 fully saturated rings. The third-order valence-electron chi connectivity index (χ3n) is 5.77. The van der Waals surface area contributed by atoms with Crippen LogP contribution in [-0.4, -0.2) is 7.11 Å². The zero-order valence-electron chi connectivity index (χ0n) is 16.4. The van der Waals surface area contributed by atoms with Gasteiger partial charge in [-0.25, -0.2) is 0 Å². The summed E-state index contributed by atoms with van der Waals surface area (Å²) in [7, 11) is 1.70. The van der Waals surface area contributed by atoms with Crippen molar-refractivity contribution in [3.05, 3.63) is 64.7 Å². The maximum Gasteiger partial charge on any atom is 0.118 e. The molecule has 0 saturated carbocycles. The van der Waals surface area contributed by atoms with Crippen LogP contribution < -0.4 is 4.74 Å². The highest BCUT2D eigenvalue weighted by Crippen LogP contribution is 2.48. The van der Waals surface area contributed by atoms with E-state index >= 15 is 0 Å². The van der Waals surface area contributed by atoms with Gasteiger partial charge in [-0.3, -0.25) is 0 Å². The molecule has 132 valence electrons. The van der Waals surface area contributed by atoms with Gasteiger partial charge < -0.3 is 4.74 Å². The quantitative estimate of drug-likeness (QED) is 0.574. The summed E-state index contributed by atoms with van der Waals surface area (Å²) in [5.74, 6) is 0.898. The van der Waals surface area contributed by atoms with E-state index in [0.717, 1.165) is 5.75 Å². The van der Waals surface area contributed by atoms with Gasteiger partial charge in [0.05, 0.1) is 7.11 Å². The summed E-state index contributed by atoms with van der Waals surface area (Å²) in [6.07, 6.45) is 4.77. The van der Waals surface area contributed by atoms with E-state index in [-0.39, 0.29) is 10.8 Å². The number of benzene rings is 2. The summed E-state index contributed by atoms with van der Waals surface area (Å²) < 4.78 is 5.26. The number of ether oxygens (including phenoxy) is 1. The van der Waals surface area contributed by atoms with Gasteiger partial charge in [-0.2, -0.15) is 0 Å². The van der Waals surface area contributed by atoms with Crippen molar-refractivity contribution in [2.45, 2.75) is 58.3 Å². The Morgan fingerprint density at radius 1 is 0.920 bits per heavy atom. The lowest BCUT2D eigenvalue weighted by molar-refractivity contribution is 0.331. The first kappa shape index (κ1) is 17.8. The van der Waals surface area contributed by atoms with Crippen molar-refractivity contribution in [3.63, 3.8) is 0 Å². The molecule has 0 radical (unpaired) electrons. The maximum absolute atomic E-state index is 5.26. The van der Waals surface area contributed by atoms with Gasteiger partial charge in [0.25, 0.3) is 0 Å². The molecule has 1 aliphatic carbocycles. The van der Waals surface area contributed by atoms with Crippen LogP contribution in [0.25, 0.3) is 11.6 Å². The van der Waals surface area contributed by atoms with Crippen LogP contribution in [0.1, 0.15) is 69.7 Å². The summed E-state index contributed by atoms with van der Waals surface area (Å²) in [5, 5.41) is 0. The van der Waals surface area contributed by atoms with E-state index in [4.69, 9.17) is 4.74 Å². The lowest BCUT2D eigenvalue weighted by Gasteiger charge is -2.43. The molecule has 0 atom stereocenters. The van der Waals surface area contributed by atoms with Crippen LogP contribution in [-0.2, 0) is 10.8 Å². The number of allylic oxidation sites excluding steroid dienone is 1. The van der Waals surface area contributed by atoms with E-state index in [0.29, 0.717) is 0 Å². The molecule has 2 aromatic carbocycles. The highest BCUT2D eigenvalue weighted by molar-refractivity contribution is 5.83. The largest absolute Gasteiger partial charge is 0.497 e. The highest BCUT2D eigenvalue weighted by Gasteiger charge is 2.38. The Labute approximate surface area is 152 Å². The van der Waals surface area contributed by atoms with Gasteiger partial charge in [0.15, 0.2) is 0 Å². The molecule has 0 heterocycles. The molecule has 1 heteroatoms. The van der Waals surface area contributed by atoms with Crippen LogP contribution in [0.15, 0.2) is 42.5 Å². The monoisotopic (exact) mass is 334 g/mol. The molecule has 2 aromatic rings. The number of rotatable bonds is 3. The summed E-state index contributed by atoms with van der Waals surface area (Å²) in [4.78, 5) is 0. The normalized spacial score (nSPS) is 18.6. The van der Waals surface area contributed by atoms with Crippen molar-refractivity contribution >= 4 is 11.6 Å². The number of methoxy groups -OCH3 is 1. The van der Waals surface area contributed by atoms with Crippen molar-refractivity contribution in [3.8, 4) is 5.75 Å². The molecule has 1 nitrogen and oxygen atoms in total. The molecule has 0 aliphatic heterocycles. The average Bonchev–Trinajstić information content (AvgIpc) is 2.59. The smallest absolute Gasteiger partial charge is 0.118 e. The van der Waals surface area contributed by atoms with Gasteiger partial charge in [0.1, 0.15) is 5.75 Å². The number of fused-ring (bicyclic) bond motifs is 1. The summed E-state index contributed by atoms with van der Waals surface area (Å²) >= 11 is 0. The van der Waals surface area contributed by atoms with Crippen LogP contribution >= 0.6 is 0 Å². The molecule has 0 amide bonds. The minimum Gasteiger partial charge on any atom is -0.497 e. The van der Waals surface area contributed by atoms with Crippen LogP contribution in [0.5, 0.6) is 5.75 Å². The van der Waals surface area contributed by atoms with Crippen LogP contribution in [0, 0.1) is 0 Å². The second kappa shape index (κ2) is 6.37. The van der Waals surface area contributed by atoms with Crippen molar-refractivity contribution < 1.29 is 4.74 Å². The van der Waals surface area contributed by atoms with Gasteiger partial charge in [0, 0.05) is 0 Å². The molecule has 3 rings (SSSR count). The fourth-order valence-electron chi connectivity index (χ4n) is 4.09. The molecule has 1 aliphatic rings. The molecule has 0 aromatic heterocycles. The van der Waals surface area contributed by atoms with E-state index in [2.05, 4.69) is 71.0 Å². The molecule has 0 spiro atoms. The standard InChI is InChI=1S/C24H30O/c1-17(16-18-10-12-19(25-6)13-11-18)20-8-7-9-21-22(20)24(4,5)15-14-23(21,2)3/h7-13,16H,14-15H2,1-6H3. The molecule has 0 saturated heterocycles. The lowest BCUT2D eigenvalue weighted by atomic mass is 9.61. The zero-order valence-corrected chi connectivity index (χ0v) is 16.4. The van der Waals surface area contributed by atoms with Crippen molar-refractivity contribution in [2.24, 2.45) is 0 Å². The second-order valence-corrected chi connectivity index (χ2v) is 8.60. The minimum atomic E-state index is 0.219. The summed E-state index contributed by atoms with van der Waals surface area (Å²) in [6.45, 7) is 11.8. The minimum absolute atomic E-state index is 0.219. The predicted molar refractivity (Wildman–Crippen MR) is 108 cm³/mol. The molecular weight excluding hydrogens is 304 g/mol. The Morgan fingerprint density at radius 2 is 1.56 bits per heavy atom. The first-order valence-corrected chi connectivity index (χ1v) is 9.21. The third kappa shape index (κ3) is 3.38. The Morgan fingerprint density at radius 3 is 2.20 bits per heavy atom. The van der Waals surface area contributed by atoms with Crippen LogP contribution in [0.4, 0.5) is 0 Å². The van der Waals surface area contributed by atoms with Gasteiger partial charge in [-0.05, 0) is 70.6 Å². The summed E-state index contributed by atoms with van der Waals surface area (Å²) in [6, 6.07) is 15.1. The molecule has 0 bridgehead atoms. The summed E-state index contributed by atoms with van der Waals surface area (Å²) in [5.41, 5.74) is 7.46. The Balaban J connectivity index is 2.09. The maximum atomic E-state index is 5.26. The Kier molecular flexibility index (Phi) is 4.53. The van der Waals surface area contributed by atoms with Gasteiger partial charge in [0.2, 0.25) is 0 Å². The Bertz CT molecular complexity index is 791. The van der Waals surface area contributed by atoms with Gasteiger partial charge in [-0.1, -0.05) is 64.1 Å². The fraction of sp³-hybridized carbons (Fsp3) is 0.417. The number of hydrogen-bond acceptors (Lipinski definition) is 1. The fourth-order valence-corrected chi connectivity index (χ4v) is 4.09. The predicted octanol–water partition coefficient (Wildman–Crippen LogP) is 6.60. The molecule has 0 unspecified atom stereocenters. The average molecular weight is 335 g/mol. The van der Waals surface area contributed by atoms with E-state index in [9.17, 15) is 0 Å². The first-order chi connectivity index (χ1) is 11.7. The van der Waals surface area contributed by atoms with Crippen molar-refractivity contribution in [1.82, 2.24) is 0 Å². The lowest BCUT2D eigenvalue weighted by Crippen LogP contribution is -2.34. The SMILES string of the molecule is COc1ccc(C=C(C)c2cccc3c2C(C)(C)CCC3(C)C)cc1. The van der Waals surface area contributed by atoms with Crippen molar-refractivity contribution in [1.29, 1.82) is 0 Å². The molecule has 0 N–H and O–H groups in total. The zero-order chi connectivity index (χ0) is 18.2. The van der Waals surface area contributed by atoms with Crippen molar-refractivity contribution in [2.75, 3.05) is 7.11 Å². The topological polar surface area (TPSA) is 9.23 Å². The Hall–Kier alpha value is -2.02. The van der Waals surface area contributed by atoms with Gasteiger partial charge >= 0.3 is 0 Å². The van der Waals surface area contributed by atoms with Crippen LogP contribution in [0.2, 0.25) is 0 Å². The first-order valence-electron chi connectivity index (χ1n) is 9.21. The molecule has 25 heavy (non-hydrogen) atoms. The van der Waals surface area contributed by atoms with Gasteiger partial charge in [-0.15, -0.1) is 0 Å². The molecular formula is C24H30O. The highest BCUT2D eigenvalue weighted by atomic mass is 16.5. The number of hydrogen-bond donors (Lipinski definition) is 0. The van der Waals surface area contributed by atoms with Crippen LogP contribution in [0.3, 0.4) is 0 Å². The van der Waals surface area contributed by atoms with E-state index in [1.807, 2.05) is 12.1 Å². The second-order valence-electron chi connectivity index (χ2n) is 8.60.